The van der Waals surface area contributed by atoms with Gasteiger partial charge in [0, 0.05) is 11.1 Å². The van der Waals surface area contributed by atoms with E-state index in [9.17, 15) is 10.2 Å². The number of phenols is 2. The van der Waals surface area contributed by atoms with Gasteiger partial charge in [-0.3, -0.25) is 0 Å². The van der Waals surface area contributed by atoms with Crippen LogP contribution in [-0.4, -0.2) is 51.2 Å². The van der Waals surface area contributed by atoms with E-state index < -0.39 is 20.0 Å². The minimum absolute atomic E-state index is 0.193. The third kappa shape index (κ3) is 5.64. The highest BCUT2D eigenvalue weighted by atomic mass is 28.4. The lowest BCUT2D eigenvalue weighted by atomic mass is 9.89. The molecule has 0 saturated heterocycles. The minimum Gasteiger partial charge on any atom is -0.507 e. The first-order chi connectivity index (χ1) is 11.9. The highest BCUT2D eigenvalue weighted by molar-refractivity contribution is 6.40. The van der Waals surface area contributed by atoms with Crippen LogP contribution >= 0.6 is 0 Å². The lowest BCUT2D eigenvalue weighted by molar-refractivity contribution is 0.443. The van der Waals surface area contributed by atoms with Gasteiger partial charge in [0.2, 0.25) is 0 Å². The maximum absolute atomic E-state index is 10.4. The molecule has 0 spiro atoms. The van der Waals surface area contributed by atoms with Gasteiger partial charge >= 0.3 is 0 Å². The quantitative estimate of drug-likeness (QED) is 0.516. The van der Waals surface area contributed by atoms with Crippen molar-refractivity contribution < 1.29 is 22.6 Å². The van der Waals surface area contributed by atoms with Gasteiger partial charge < -0.3 is 22.6 Å². The Kier molecular flexibility index (Phi) is 9.35. The molecule has 0 radical (unpaired) electrons. The number of aromatic hydroxyl groups is 2. The normalized spacial score (nSPS) is 11.5. The lowest BCUT2D eigenvalue weighted by Crippen LogP contribution is -2.08. The van der Waals surface area contributed by atoms with E-state index in [1.807, 2.05) is 39.8 Å². The zero-order valence-corrected chi connectivity index (χ0v) is 22.7. The fourth-order valence-electron chi connectivity index (χ4n) is 2.51. The molecule has 0 amide bonds. The summed E-state index contributed by atoms with van der Waals surface area (Å²) in [6.45, 7) is 7.93. The lowest BCUT2D eigenvalue weighted by Gasteiger charge is -2.18. The van der Waals surface area contributed by atoms with Gasteiger partial charge in [-0.25, -0.2) is 0 Å². The molecule has 0 unspecified atom stereocenters. The Morgan fingerprint density at radius 3 is 1.84 bits per heavy atom. The average molecular weight is 413 g/mol. The van der Waals surface area contributed by atoms with Crippen molar-refractivity contribution in [3.05, 3.63) is 46.5 Å². The zero-order chi connectivity index (χ0) is 19.0. The summed E-state index contributed by atoms with van der Waals surface area (Å²) in [7, 11) is 0.504. The fourth-order valence-corrected chi connectivity index (χ4v) is 7.11. The molecule has 0 aliphatic heterocycles. The Morgan fingerprint density at radius 2 is 1.32 bits per heavy atom. The van der Waals surface area contributed by atoms with Crippen molar-refractivity contribution >= 4 is 41.0 Å². The van der Waals surface area contributed by atoms with Crippen LogP contribution in [0.25, 0.3) is 11.1 Å². The van der Waals surface area contributed by atoms with Crippen molar-refractivity contribution in [2.24, 2.45) is 0 Å². The number of benzene rings is 2. The van der Waals surface area contributed by atoms with Crippen LogP contribution in [0.3, 0.4) is 0 Å². The van der Waals surface area contributed by atoms with Gasteiger partial charge in [0.15, 0.2) is 0 Å². The molecule has 2 rings (SSSR count). The van der Waals surface area contributed by atoms with Crippen molar-refractivity contribution in [1.82, 2.24) is 0 Å². The fraction of sp³-hybridized carbons (Fsp3) is 0.250. The summed E-state index contributed by atoms with van der Waals surface area (Å²) in [5.41, 5.74) is 5.55. The summed E-state index contributed by atoms with van der Waals surface area (Å²) in [5, 5.41) is 20.3. The third-order valence-electron chi connectivity index (χ3n) is 4.23. The molecule has 0 aliphatic rings. The first-order valence-corrected chi connectivity index (χ1v) is 11.9. The smallest absolute Gasteiger partial charge is 0.284 e. The van der Waals surface area contributed by atoms with E-state index in [4.69, 9.17) is 12.3 Å². The van der Waals surface area contributed by atoms with Crippen molar-refractivity contribution in [2.45, 2.75) is 27.7 Å². The van der Waals surface area contributed by atoms with Gasteiger partial charge in [-0.1, -0.05) is 18.2 Å². The van der Waals surface area contributed by atoms with Gasteiger partial charge in [0.1, 0.15) is 32.5 Å². The summed E-state index contributed by atoms with van der Waals surface area (Å²) < 4.78 is 14.8. The van der Waals surface area contributed by atoms with Gasteiger partial charge in [-0.2, -0.15) is 0 Å². The highest BCUT2D eigenvalue weighted by Gasteiger charge is 2.17. The molecule has 0 aliphatic carbocycles. The second-order valence-corrected chi connectivity index (χ2v) is 12.5. The van der Waals surface area contributed by atoms with Crippen molar-refractivity contribution in [2.75, 3.05) is 0 Å². The first-order valence-electron chi connectivity index (χ1n) is 8.00. The second-order valence-electron chi connectivity index (χ2n) is 5.76. The Hall–Kier alpha value is -1.21. The molecular weight excluding hydrogens is 385 g/mol. The third-order valence-corrected chi connectivity index (χ3v) is 7.45. The van der Waals surface area contributed by atoms with E-state index in [1.54, 1.807) is 12.1 Å². The molecule has 5 nitrogen and oxygen atoms in total. The van der Waals surface area contributed by atoms with Crippen LogP contribution in [0.15, 0.2) is 24.3 Å². The summed E-state index contributed by atoms with van der Waals surface area (Å²) in [6.07, 6.45) is 0. The standard InChI is InChI=1S/C16H18O2.H10O3Si4/c1-9-10(2)12(4)16(18)15(11(9)3)13-7-5-6-8-14(13)17;4-1-6-3-7-2-5/h5-8,17-18H,1-4H3;6-7H2,4-5H3. The molecule has 0 aromatic heterocycles. The van der Waals surface area contributed by atoms with Crippen LogP contribution in [0.4, 0.5) is 0 Å². The van der Waals surface area contributed by atoms with Crippen molar-refractivity contribution in [3.8, 4) is 22.6 Å². The van der Waals surface area contributed by atoms with Crippen LogP contribution in [0.2, 0.25) is 0 Å². The summed E-state index contributed by atoms with van der Waals surface area (Å²) in [5.74, 6) is 0.454. The summed E-state index contributed by atoms with van der Waals surface area (Å²) >= 11 is 0. The van der Waals surface area contributed by atoms with Gasteiger partial charge in [-0.05, 0) is 56.0 Å². The Bertz CT molecular complexity index is 676. The van der Waals surface area contributed by atoms with E-state index in [2.05, 4.69) is 0 Å². The van der Waals surface area contributed by atoms with E-state index in [0.29, 0.717) is 5.56 Å². The van der Waals surface area contributed by atoms with Gasteiger partial charge in [-0.15, -0.1) is 0 Å². The molecule has 0 saturated carbocycles. The number of hydrogen-bond donors (Lipinski definition) is 2. The van der Waals surface area contributed by atoms with Crippen LogP contribution < -0.4 is 0 Å². The molecule has 9 heteroatoms. The molecule has 2 N–H and O–H groups in total. The zero-order valence-electron chi connectivity index (χ0n) is 15.8. The Labute approximate surface area is 160 Å². The molecule has 0 bridgehead atoms. The largest absolute Gasteiger partial charge is 0.507 e. The van der Waals surface area contributed by atoms with E-state index in [1.165, 1.54) is 0 Å². The molecule has 2 aromatic carbocycles. The number of hydrogen-bond acceptors (Lipinski definition) is 5. The van der Waals surface area contributed by atoms with Crippen LogP contribution in [0, 0.1) is 27.7 Å². The predicted octanol–water partition coefficient (Wildman–Crippen LogP) is -0.407. The topological polar surface area (TPSA) is 68.2 Å². The van der Waals surface area contributed by atoms with Crippen LogP contribution in [0.5, 0.6) is 11.5 Å². The number of para-hydroxylation sites is 1. The predicted molar refractivity (Wildman–Crippen MR) is 114 cm³/mol. The molecule has 25 heavy (non-hydrogen) atoms. The van der Waals surface area contributed by atoms with Gasteiger partial charge in [0.25, 0.3) is 20.0 Å². The number of rotatable bonds is 5. The minimum atomic E-state index is -0.569. The number of phenolic OH excluding ortho intramolecular Hbond substituents is 2. The Morgan fingerprint density at radius 1 is 0.800 bits per heavy atom. The molecule has 138 valence electrons. The Balaban J connectivity index is 0.000000381. The van der Waals surface area contributed by atoms with Gasteiger partial charge in [0.05, 0.1) is 0 Å². The van der Waals surface area contributed by atoms with Crippen LogP contribution in [0.1, 0.15) is 22.3 Å². The van der Waals surface area contributed by atoms with Crippen LogP contribution in [-0.2, 0) is 12.3 Å². The van der Waals surface area contributed by atoms with Crippen molar-refractivity contribution in [1.29, 1.82) is 0 Å². The molecule has 0 fully saturated rings. The monoisotopic (exact) mass is 412 g/mol. The van der Waals surface area contributed by atoms with E-state index in [0.717, 1.165) is 48.8 Å². The molecule has 0 atom stereocenters. The SMILES string of the molecule is Cc1c(C)c(C)c(-c2ccccc2O)c(O)c1C.[SiH3]O[SiH2]O[SiH2]O[SiH3]. The van der Waals surface area contributed by atoms with E-state index >= 15 is 0 Å². The summed E-state index contributed by atoms with van der Waals surface area (Å²) in [6, 6.07) is 7.10. The van der Waals surface area contributed by atoms with Crippen molar-refractivity contribution in [3.63, 3.8) is 0 Å². The molecule has 0 heterocycles. The second kappa shape index (κ2) is 10.7. The average Bonchev–Trinajstić information content (AvgIpc) is 2.61. The maximum atomic E-state index is 10.4. The molecule has 2 aromatic rings. The van der Waals surface area contributed by atoms with E-state index in [-0.39, 0.29) is 11.5 Å². The highest BCUT2D eigenvalue weighted by Crippen LogP contribution is 2.42. The summed E-state index contributed by atoms with van der Waals surface area (Å²) in [4.78, 5) is 0. The maximum Gasteiger partial charge on any atom is 0.284 e. The molecular formula is C16H28O5Si4. The first kappa shape index (κ1) is 21.8.